The molecule has 0 spiro atoms. The Hall–Kier alpha value is -3.74. The number of carboxylic acids is 1. The molecule has 2 N–H and O–H groups in total. The Labute approximate surface area is 199 Å². The average molecular weight is 463 g/mol. The van der Waals surface area contributed by atoms with Crippen molar-refractivity contribution in [2.45, 2.75) is 52.6 Å². The molecule has 178 valence electrons. The van der Waals surface area contributed by atoms with Crippen molar-refractivity contribution in [1.82, 2.24) is 4.98 Å². The highest BCUT2D eigenvalue weighted by atomic mass is 16.5. The van der Waals surface area contributed by atoms with Crippen LogP contribution in [0.1, 0.15) is 54.5 Å². The smallest absolute Gasteiger partial charge is 0.306 e. The molecular formula is C27H30N2O5. The van der Waals surface area contributed by atoms with Gasteiger partial charge in [-0.15, -0.1) is 0 Å². The van der Waals surface area contributed by atoms with Crippen LogP contribution >= 0.6 is 0 Å². The van der Waals surface area contributed by atoms with Gasteiger partial charge in [-0.25, -0.2) is 4.98 Å². The minimum absolute atomic E-state index is 0.0338. The molecule has 1 aromatic heterocycles. The fraction of sp³-hybridized carbons (Fsp3) is 0.333. The molecule has 0 saturated heterocycles. The molecule has 3 aromatic rings. The van der Waals surface area contributed by atoms with E-state index in [1.54, 1.807) is 6.92 Å². The fourth-order valence-electron chi connectivity index (χ4n) is 3.60. The number of aromatic nitrogens is 1. The summed E-state index contributed by atoms with van der Waals surface area (Å²) in [6.45, 7) is 5.97. The zero-order valence-corrected chi connectivity index (χ0v) is 19.7. The molecule has 1 heterocycles. The normalized spacial score (nSPS) is 12.7. The van der Waals surface area contributed by atoms with Crippen molar-refractivity contribution < 1.29 is 23.8 Å². The van der Waals surface area contributed by atoms with Crippen molar-refractivity contribution in [2.24, 2.45) is 5.92 Å². The Morgan fingerprint density at radius 2 is 1.85 bits per heavy atom. The van der Waals surface area contributed by atoms with Gasteiger partial charge < -0.3 is 19.7 Å². The maximum atomic E-state index is 12.8. The second-order valence-corrected chi connectivity index (χ2v) is 8.44. The highest BCUT2D eigenvalue weighted by Gasteiger charge is 2.25. The third-order valence-corrected chi connectivity index (χ3v) is 5.83. The molecular weight excluding hydrogens is 432 g/mol. The number of ketones is 1. The van der Waals surface area contributed by atoms with Gasteiger partial charge in [0.25, 0.3) is 0 Å². The number of hydrogen-bond acceptors (Lipinski definition) is 6. The summed E-state index contributed by atoms with van der Waals surface area (Å²) in [6, 6.07) is 15.4. The van der Waals surface area contributed by atoms with Crippen LogP contribution in [0.2, 0.25) is 0 Å². The van der Waals surface area contributed by atoms with Gasteiger partial charge in [0.05, 0.1) is 17.3 Å². The van der Waals surface area contributed by atoms with Crippen molar-refractivity contribution in [3.05, 3.63) is 83.1 Å². The zero-order chi connectivity index (χ0) is 24.7. The zero-order valence-electron chi connectivity index (χ0n) is 19.7. The number of nitrogens with one attached hydrogen (secondary N) is 1. The van der Waals surface area contributed by atoms with Crippen LogP contribution in [0.15, 0.2) is 59.2 Å². The van der Waals surface area contributed by atoms with Crippen molar-refractivity contribution in [3.63, 3.8) is 0 Å². The molecule has 0 amide bonds. The molecule has 2 aromatic carbocycles. The lowest BCUT2D eigenvalue weighted by Gasteiger charge is -2.13. The van der Waals surface area contributed by atoms with Crippen LogP contribution in [-0.2, 0) is 29.0 Å². The van der Waals surface area contributed by atoms with Crippen LogP contribution in [0.25, 0.3) is 0 Å². The summed E-state index contributed by atoms with van der Waals surface area (Å²) in [5.74, 6) is -1.33. The monoisotopic (exact) mass is 462 g/mol. The Morgan fingerprint density at radius 1 is 1.15 bits per heavy atom. The lowest BCUT2D eigenvalue weighted by atomic mass is 9.91. The molecule has 2 unspecified atom stereocenters. The molecule has 7 nitrogen and oxygen atoms in total. The molecule has 0 bridgehead atoms. The SMILES string of the molecule is CCC(C(=N)C(=O)Cc1ccc(OCc2ccccc2C)cc1)c1coc(CC(C)C(=O)O)n1. The van der Waals surface area contributed by atoms with E-state index in [4.69, 9.17) is 19.7 Å². The summed E-state index contributed by atoms with van der Waals surface area (Å²) < 4.78 is 11.3. The molecule has 0 saturated carbocycles. The number of carbonyl (C=O) groups is 2. The number of benzene rings is 2. The molecule has 0 radical (unpaired) electrons. The van der Waals surface area contributed by atoms with E-state index in [1.165, 1.54) is 11.8 Å². The average Bonchev–Trinajstić information content (AvgIpc) is 3.27. The first-order valence-corrected chi connectivity index (χ1v) is 11.3. The van der Waals surface area contributed by atoms with Crippen LogP contribution in [-0.4, -0.2) is 27.6 Å². The first-order valence-electron chi connectivity index (χ1n) is 11.3. The minimum atomic E-state index is -0.929. The summed E-state index contributed by atoms with van der Waals surface area (Å²) in [4.78, 5) is 28.2. The van der Waals surface area contributed by atoms with Crippen LogP contribution in [0, 0.1) is 18.3 Å². The molecule has 0 aliphatic rings. The highest BCUT2D eigenvalue weighted by molar-refractivity contribution is 6.40. The van der Waals surface area contributed by atoms with Crippen LogP contribution in [0.4, 0.5) is 0 Å². The lowest BCUT2D eigenvalue weighted by molar-refractivity contribution is -0.141. The number of ether oxygens (including phenoxy) is 1. The third kappa shape index (κ3) is 6.41. The third-order valence-electron chi connectivity index (χ3n) is 5.83. The molecule has 0 aliphatic heterocycles. The molecule has 0 aliphatic carbocycles. The van der Waals surface area contributed by atoms with Crippen molar-refractivity contribution in [2.75, 3.05) is 0 Å². The van der Waals surface area contributed by atoms with E-state index < -0.39 is 17.8 Å². The second kappa shape index (κ2) is 11.4. The topological polar surface area (TPSA) is 113 Å². The minimum Gasteiger partial charge on any atom is -0.489 e. The van der Waals surface area contributed by atoms with Gasteiger partial charge in [-0.2, -0.15) is 0 Å². The molecule has 3 rings (SSSR count). The summed E-state index contributed by atoms with van der Waals surface area (Å²) in [6.07, 6.45) is 2.19. The Bertz CT molecular complexity index is 1150. The van der Waals surface area contributed by atoms with E-state index in [2.05, 4.69) is 4.98 Å². The molecule has 2 atom stereocenters. The Kier molecular flexibility index (Phi) is 8.35. The van der Waals surface area contributed by atoms with E-state index in [-0.39, 0.29) is 24.3 Å². The predicted octanol–water partition coefficient (Wildman–Crippen LogP) is 5.15. The fourth-order valence-corrected chi connectivity index (χ4v) is 3.60. The van der Waals surface area contributed by atoms with Gasteiger partial charge in [-0.3, -0.25) is 9.59 Å². The first-order chi connectivity index (χ1) is 16.3. The Balaban J connectivity index is 1.58. The van der Waals surface area contributed by atoms with Gasteiger partial charge in [-0.05, 0) is 42.2 Å². The quantitative estimate of drug-likeness (QED) is 0.360. The van der Waals surface area contributed by atoms with Crippen molar-refractivity contribution >= 4 is 17.5 Å². The number of nitrogens with zero attached hydrogens (tertiary/aromatic N) is 1. The standard InChI is InChI=1S/C27H30N2O5/c1-4-22(23-16-34-25(29-23)13-18(3)27(31)32)26(28)24(30)14-19-9-11-21(12-10-19)33-15-20-8-6-5-7-17(20)2/h5-12,16,18,22,28H,4,13-15H2,1-3H3,(H,31,32). The van der Waals surface area contributed by atoms with Gasteiger partial charge in [0, 0.05) is 18.8 Å². The summed E-state index contributed by atoms with van der Waals surface area (Å²) in [5, 5.41) is 17.5. The maximum Gasteiger partial charge on any atom is 0.306 e. The highest BCUT2D eigenvalue weighted by Crippen LogP contribution is 2.23. The van der Waals surface area contributed by atoms with E-state index >= 15 is 0 Å². The number of oxazole rings is 1. The van der Waals surface area contributed by atoms with E-state index in [9.17, 15) is 9.59 Å². The van der Waals surface area contributed by atoms with Gasteiger partial charge >= 0.3 is 5.97 Å². The lowest BCUT2D eigenvalue weighted by Crippen LogP contribution is -2.23. The molecule has 0 fully saturated rings. The second-order valence-electron chi connectivity index (χ2n) is 8.44. The van der Waals surface area contributed by atoms with Crippen LogP contribution in [0.5, 0.6) is 5.75 Å². The van der Waals surface area contributed by atoms with E-state index in [1.807, 2.05) is 62.4 Å². The van der Waals surface area contributed by atoms with Crippen LogP contribution < -0.4 is 4.74 Å². The largest absolute Gasteiger partial charge is 0.489 e. The number of aliphatic carboxylic acids is 1. The number of carbonyl (C=O) groups excluding carboxylic acids is 1. The first kappa shape index (κ1) is 24.9. The van der Waals surface area contributed by atoms with Gasteiger partial charge in [0.15, 0.2) is 11.7 Å². The summed E-state index contributed by atoms with van der Waals surface area (Å²) in [7, 11) is 0. The van der Waals surface area contributed by atoms with Gasteiger partial charge in [-0.1, -0.05) is 50.2 Å². The predicted molar refractivity (Wildman–Crippen MR) is 128 cm³/mol. The maximum absolute atomic E-state index is 12.8. The summed E-state index contributed by atoms with van der Waals surface area (Å²) >= 11 is 0. The number of aryl methyl sites for hydroxylation is 1. The number of hydrogen-bond donors (Lipinski definition) is 2. The molecule has 34 heavy (non-hydrogen) atoms. The van der Waals surface area contributed by atoms with Crippen molar-refractivity contribution in [1.29, 1.82) is 5.41 Å². The van der Waals surface area contributed by atoms with E-state index in [0.717, 1.165) is 11.1 Å². The van der Waals surface area contributed by atoms with Gasteiger partial charge in [0.1, 0.15) is 18.6 Å². The van der Waals surface area contributed by atoms with Gasteiger partial charge in [0.2, 0.25) is 0 Å². The van der Waals surface area contributed by atoms with E-state index in [0.29, 0.717) is 30.4 Å². The van der Waals surface area contributed by atoms with Crippen molar-refractivity contribution in [3.8, 4) is 5.75 Å². The number of rotatable bonds is 12. The Morgan fingerprint density at radius 3 is 2.50 bits per heavy atom. The number of carboxylic acid groups (broad SMARTS) is 1. The summed E-state index contributed by atoms with van der Waals surface area (Å²) in [5.41, 5.74) is 3.53. The van der Waals surface area contributed by atoms with Crippen LogP contribution in [0.3, 0.4) is 0 Å². The molecule has 7 heteroatoms. The number of Topliss-reactive ketones (excluding diaryl/α,β-unsaturated/α-hetero) is 1.